The van der Waals surface area contributed by atoms with Crippen molar-refractivity contribution in [1.29, 1.82) is 0 Å². The molecular weight excluding hydrogens is 330 g/mol. The molecule has 3 saturated heterocycles. The Morgan fingerprint density at radius 1 is 1.29 bits per heavy atom. The minimum Gasteiger partial charge on any atom is -0.339 e. The molecule has 3 aliphatic heterocycles. The van der Waals surface area contributed by atoms with Gasteiger partial charge in [-0.1, -0.05) is 33.2 Å². The van der Waals surface area contributed by atoms with Gasteiger partial charge in [0.1, 0.15) is 0 Å². The number of rotatable bonds is 3. The molecule has 0 aliphatic carbocycles. The highest BCUT2D eigenvalue weighted by Crippen LogP contribution is 2.34. The zero-order chi connectivity index (χ0) is 14.2. The smallest absolute Gasteiger partial charge is 0.227 e. The molecule has 1 aromatic carbocycles. The molecule has 5 heteroatoms. The third-order valence-electron chi connectivity index (χ3n) is 4.78. The summed E-state index contributed by atoms with van der Waals surface area (Å²) in [6.45, 7) is 3.74. The van der Waals surface area contributed by atoms with Gasteiger partial charge in [-0.2, -0.15) is 4.98 Å². The number of hydrogen-bond donors (Lipinski definition) is 0. The molecule has 4 nitrogen and oxygen atoms in total. The predicted octanol–water partition coefficient (Wildman–Crippen LogP) is 3.38. The second-order valence-electron chi connectivity index (χ2n) is 6.12. The molecule has 3 fully saturated rings. The summed E-state index contributed by atoms with van der Waals surface area (Å²) in [7, 11) is 0. The molecule has 0 N–H and O–H groups in total. The highest BCUT2D eigenvalue weighted by Gasteiger charge is 2.35. The molecule has 3 aliphatic rings. The van der Waals surface area contributed by atoms with Gasteiger partial charge in [0.05, 0.1) is 0 Å². The predicted molar refractivity (Wildman–Crippen MR) is 83.8 cm³/mol. The Labute approximate surface area is 132 Å². The van der Waals surface area contributed by atoms with E-state index in [-0.39, 0.29) is 0 Å². The zero-order valence-electron chi connectivity index (χ0n) is 11.8. The first kappa shape index (κ1) is 13.5. The fraction of sp³-hybridized carbons (Fsp3) is 0.500. The molecule has 0 spiro atoms. The Balaban J connectivity index is 1.50. The summed E-state index contributed by atoms with van der Waals surface area (Å²) in [5.74, 6) is 3.00. The lowest BCUT2D eigenvalue weighted by Crippen LogP contribution is -2.48. The Morgan fingerprint density at radius 2 is 2.14 bits per heavy atom. The summed E-state index contributed by atoms with van der Waals surface area (Å²) >= 11 is 3.48. The summed E-state index contributed by atoms with van der Waals surface area (Å²) in [4.78, 5) is 7.15. The van der Waals surface area contributed by atoms with Gasteiger partial charge in [0, 0.05) is 23.0 Å². The van der Waals surface area contributed by atoms with Crippen LogP contribution in [-0.4, -0.2) is 34.7 Å². The van der Waals surface area contributed by atoms with E-state index in [1.807, 2.05) is 24.3 Å². The van der Waals surface area contributed by atoms with Crippen LogP contribution in [0.5, 0.6) is 0 Å². The first-order valence-electron chi connectivity index (χ1n) is 7.59. The highest BCUT2D eigenvalue weighted by atomic mass is 79.9. The van der Waals surface area contributed by atoms with Crippen molar-refractivity contribution < 1.29 is 4.52 Å². The number of nitrogens with zero attached hydrogens (tertiary/aromatic N) is 3. The van der Waals surface area contributed by atoms with Gasteiger partial charge in [-0.25, -0.2) is 0 Å². The van der Waals surface area contributed by atoms with E-state index < -0.39 is 0 Å². The summed E-state index contributed by atoms with van der Waals surface area (Å²) in [6, 6.07) is 8.01. The molecule has 2 bridgehead atoms. The summed E-state index contributed by atoms with van der Waals surface area (Å²) in [5, 5.41) is 4.13. The molecule has 110 valence electrons. The monoisotopic (exact) mass is 347 g/mol. The lowest BCUT2D eigenvalue weighted by atomic mass is 9.77. The van der Waals surface area contributed by atoms with Crippen molar-refractivity contribution in [2.45, 2.75) is 19.3 Å². The molecule has 21 heavy (non-hydrogen) atoms. The minimum atomic E-state index is 0.684. The van der Waals surface area contributed by atoms with Gasteiger partial charge in [-0.3, -0.25) is 0 Å². The number of piperidine rings is 3. The standard InChI is InChI=1S/C16H18BrN3O/c17-14-3-1-2-12(8-14)16-18-15(21-19-16)9-13-10-20-6-4-11(13)5-7-20/h1-3,8,11,13H,4-7,9-10H2. The summed E-state index contributed by atoms with van der Waals surface area (Å²) < 4.78 is 6.51. The SMILES string of the molecule is Brc1cccc(-c2noc(CC3CN4CCC3CC4)n2)c1. The maximum atomic E-state index is 5.47. The lowest BCUT2D eigenvalue weighted by molar-refractivity contribution is 0.0473. The van der Waals surface area contributed by atoms with Gasteiger partial charge in [-0.15, -0.1) is 0 Å². The molecule has 2 aromatic rings. The van der Waals surface area contributed by atoms with E-state index in [0.717, 1.165) is 28.3 Å². The quantitative estimate of drug-likeness (QED) is 0.853. The maximum Gasteiger partial charge on any atom is 0.227 e. The second-order valence-corrected chi connectivity index (χ2v) is 7.04. The topological polar surface area (TPSA) is 42.2 Å². The normalized spacial score (nSPS) is 28.0. The molecular formula is C16H18BrN3O. The van der Waals surface area contributed by atoms with Gasteiger partial charge in [-0.05, 0) is 49.9 Å². The molecule has 0 radical (unpaired) electrons. The second kappa shape index (κ2) is 5.54. The Hall–Kier alpha value is -1.20. The lowest BCUT2D eigenvalue weighted by Gasteiger charge is -2.44. The van der Waals surface area contributed by atoms with Crippen molar-refractivity contribution in [2.75, 3.05) is 19.6 Å². The maximum absolute atomic E-state index is 5.47. The molecule has 1 atom stereocenters. The van der Waals surface area contributed by atoms with Crippen molar-refractivity contribution in [3.05, 3.63) is 34.6 Å². The third kappa shape index (κ3) is 2.77. The molecule has 1 aromatic heterocycles. The van der Waals surface area contributed by atoms with Gasteiger partial charge in [0.2, 0.25) is 11.7 Å². The van der Waals surface area contributed by atoms with Crippen LogP contribution in [0.3, 0.4) is 0 Å². The Kier molecular flexibility index (Phi) is 3.55. The van der Waals surface area contributed by atoms with E-state index in [2.05, 4.69) is 31.0 Å². The molecule has 1 unspecified atom stereocenters. The van der Waals surface area contributed by atoms with Crippen LogP contribution in [0.15, 0.2) is 33.3 Å². The van der Waals surface area contributed by atoms with Crippen molar-refractivity contribution >= 4 is 15.9 Å². The number of aromatic nitrogens is 2. The third-order valence-corrected chi connectivity index (χ3v) is 5.27. The van der Waals surface area contributed by atoms with Crippen LogP contribution >= 0.6 is 15.9 Å². The largest absolute Gasteiger partial charge is 0.339 e. The molecule has 5 rings (SSSR count). The van der Waals surface area contributed by atoms with Gasteiger partial charge in [0.15, 0.2) is 0 Å². The number of halogens is 1. The zero-order valence-corrected chi connectivity index (χ0v) is 13.4. The van der Waals surface area contributed by atoms with Crippen LogP contribution in [0.25, 0.3) is 11.4 Å². The van der Waals surface area contributed by atoms with Crippen LogP contribution in [0, 0.1) is 11.8 Å². The van der Waals surface area contributed by atoms with Gasteiger partial charge >= 0.3 is 0 Å². The molecule has 4 heterocycles. The molecule has 0 saturated carbocycles. The van der Waals surface area contributed by atoms with Crippen LogP contribution in [0.1, 0.15) is 18.7 Å². The van der Waals surface area contributed by atoms with E-state index >= 15 is 0 Å². The van der Waals surface area contributed by atoms with E-state index in [4.69, 9.17) is 4.52 Å². The Bertz CT molecular complexity index is 634. The highest BCUT2D eigenvalue weighted by molar-refractivity contribution is 9.10. The average molecular weight is 348 g/mol. The van der Waals surface area contributed by atoms with Gasteiger partial charge in [0.25, 0.3) is 0 Å². The van der Waals surface area contributed by atoms with Gasteiger partial charge < -0.3 is 9.42 Å². The van der Waals surface area contributed by atoms with Crippen LogP contribution < -0.4 is 0 Å². The fourth-order valence-electron chi connectivity index (χ4n) is 3.63. The van der Waals surface area contributed by atoms with Crippen molar-refractivity contribution in [2.24, 2.45) is 11.8 Å². The first-order valence-corrected chi connectivity index (χ1v) is 8.38. The van der Waals surface area contributed by atoms with E-state index in [0.29, 0.717) is 11.7 Å². The number of hydrogen-bond acceptors (Lipinski definition) is 4. The number of fused-ring (bicyclic) bond motifs is 3. The van der Waals surface area contributed by atoms with Crippen LogP contribution in [0.2, 0.25) is 0 Å². The first-order chi connectivity index (χ1) is 10.3. The average Bonchev–Trinajstić information content (AvgIpc) is 2.97. The summed E-state index contributed by atoms with van der Waals surface area (Å²) in [6.07, 6.45) is 3.58. The van der Waals surface area contributed by atoms with E-state index in [9.17, 15) is 0 Å². The molecule has 0 amide bonds. The Morgan fingerprint density at radius 3 is 2.86 bits per heavy atom. The van der Waals surface area contributed by atoms with Crippen molar-refractivity contribution in [1.82, 2.24) is 15.0 Å². The minimum absolute atomic E-state index is 0.684. The van der Waals surface area contributed by atoms with Crippen LogP contribution in [-0.2, 0) is 6.42 Å². The fourth-order valence-corrected chi connectivity index (χ4v) is 4.02. The number of benzene rings is 1. The van der Waals surface area contributed by atoms with Crippen molar-refractivity contribution in [3.8, 4) is 11.4 Å². The van der Waals surface area contributed by atoms with Crippen LogP contribution in [0.4, 0.5) is 0 Å². The van der Waals surface area contributed by atoms with E-state index in [1.165, 1.54) is 32.5 Å². The summed E-state index contributed by atoms with van der Waals surface area (Å²) in [5.41, 5.74) is 0.994. The van der Waals surface area contributed by atoms with E-state index in [1.54, 1.807) is 0 Å². The van der Waals surface area contributed by atoms with Crippen molar-refractivity contribution in [3.63, 3.8) is 0 Å².